The Morgan fingerprint density at radius 3 is 2.34 bits per heavy atom. The molecule has 3 aromatic rings. The van der Waals surface area contributed by atoms with Gasteiger partial charge in [-0.2, -0.15) is 0 Å². The minimum atomic E-state index is -0.0672. The number of para-hydroxylation sites is 1. The lowest BCUT2D eigenvalue weighted by Gasteiger charge is -2.34. The standard InChI is InChI=1S/C27H30N2O3/c1-31-25-13-11-24(12-14-25)29-17-15-23(16-18-29)28-27(30)20-32-26-10-6-5-9-22(26)19-21-7-3-2-4-8-21/h2-14,23H,15-20H2,1H3,(H,28,30). The summed E-state index contributed by atoms with van der Waals surface area (Å²) in [5.41, 5.74) is 3.49. The van der Waals surface area contributed by atoms with Crippen LogP contribution in [-0.2, 0) is 11.2 Å². The Labute approximate surface area is 190 Å². The highest BCUT2D eigenvalue weighted by Crippen LogP contribution is 2.23. The smallest absolute Gasteiger partial charge is 0.258 e. The van der Waals surface area contributed by atoms with Crippen LogP contribution in [-0.4, -0.2) is 38.8 Å². The van der Waals surface area contributed by atoms with Gasteiger partial charge in [-0.15, -0.1) is 0 Å². The van der Waals surface area contributed by atoms with Crippen molar-refractivity contribution in [3.63, 3.8) is 0 Å². The van der Waals surface area contributed by atoms with Crippen molar-refractivity contribution in [3.05, 3.63) is 90.0 Å². The number of hydrogen-bond acceptors (Lipinski definition) is 4. The van der Waals surface area contributed by atoms with Crippen LogP contribution < -0.4 is 19.7 Å². The maximum absolute atomic E-state index is 12.5. The van der Waals surface area contributed by atoms with Crippen molar-refractivity contribution in [2.45, 2.75) is 25.3 Å². The molecule has 0 aromatic heterocycles. The van der Waals surface area contributed by atoms with Crippen molar-refractivity contribution in [2.24, 2.45) is 0 Å². The third-order valence-corrected chi connectivity index (χ3v) is 5.87. The summed E-state index contributed by atoms with van der Waals surface area (Å²) in [5.74, 6) is 1.56. The molecule has 1 saturated heterocycles. The van der Waals surface area contributed by atoms with Crippen LogP contribution in [0.5, 0.6) is 11.5 Å². The van der Waals surface area contributed by atoms with Crippen LogP contribution in [0.25, 0.3) is 0 Å². The molecule has 0 saturated carbocycles. The summed E-state index contributed by atoms with van der Waals surface area (Å²) in [6.45, 7) is 1.86. The van der Waals surface area contributed by atoms with E-state index < -0.39 is 0 Å². The maximum atomic E-state index is 12.5. The Morgan fingerprint density at radius 1 is 0.938 bits per heavy atom. The van der Waals surface area contributed by atoms with Gasteiger partial charge in [0.15, 0.2) is 6.61 Å². The van der Waals surface area contributed by atoms with Crippen LogP contribution in [0.15, 0.2) is 78.9 Å². The first-order valence-corrected chi connectivity index (χ1v) is 11.1. The number of benzene rings is 3. The molecule has 5 heteroatoms. The zero-order valence-corrected chi connectivity index (χ0v) is 18.5. The van der Waals surface area contributed by atoms with Gasteiger partial charge in [0.25, 0.3) is 5.91 Å². The van der Waals surface area contributed by atoms with Gasteiger partial charge in [-0.05, 0) is 54.3 Å². The van der Waals surface area contributed by atoms with Crippen molar-refractivity contribution in [2.75, 3.05) is 31.7 Å². The van der Waals surface area contributed by atoms with Gasteiger partial charge in [0.05, 0.1) is 7.11 Å². The molecule has 0 atom stereocenters. The summed E-state index contributed by atoms with van der Waals surface area (Å²) in [4.78, 5) is 14.9. The van der Waals surface area contributed by atoms with Crippen molar-refractivity contribution < 1.29 is 14.3 Å². The first-order valence-electron chi connectivity index (χ1n) is 11.1. The summed E-state index contributed by atoms with van der Waals surface area (Å²) >= 11 is 0. The zero-order chi connectivity index (χ0) is 22.2. The number of rotatable bonds is 8. The summed E-state index contributed by atoms with van der Waals surface area (Å²) in [6.07, 6.45) is 2.62. The zero-order valence-electron chi connectivity index (χ0n) is 18.5. The number of nitrogens with zero attached hydrogens (tertiary/aromatic N) is 1. The fraction of sp³-hybridized carbons (Fsp3) is 0.296. The summed E-state index contributed by atoms with van der Waals surface area (Å²) in [7, 11) is 1.68. The lowest BCUT2D eigenvalue weighted by molar-refractivity contribution is -0.123. The second kappa shape index (κ2) is 10.7. The molecular weight excluding hydrogens is 400 g/mol. The lowest BCUT2D eigenvalue weighted by atomic mass is 10.0. The van der Waals surface area contributed by atoms with E-state index in [1.165, 1.54) is 11.3 Å². The predicted molar refractivity (Wildman–Crippen MR) is 128 cm³/mol. The first-order chi connectivity index (χ1) is 15.7. The number of anilines is 1. The normalized spacial score (nSPS) is 14.1. The van der Waals surface area contributed by atoms with Crippen LogP contribution in [0.1, 0.15) is 24.0 Å². The van der Waals surface area contributed by atoms with E-state index in [1.807, 2.05) is 48.5 Å². The minimum Gasteiger partial charge on any atom is -0.497 e. The Kier molecular flexibility index (Phi) is 7.28. The molecule has 0 bridgehead atoms. The highest BCUT2D eigenvalue weighted by atomic mass is 16.5. The van der Waals surface area contributed by atoms with Crippen molar-refractivity contribution in [1.29, 1.82) is 0 Å². The third-order valence-electron chi connectivity index (χ3n) is 5.87. The largest absolute Gasteiger partial charge is 0.497 e. The molecule has 0 radical (unpaired) electrons. The highest BCUT2D eigenvalue weighted by molar-refractivity contribution is 5.78. The van der Waals surface area contributed by atoms with Crippen molar-refractivity contribution >= 4 is 11.6 Å². The number of amides is 1. The van der Waals surface area contributed by atoms with Crippen LogP contribution in [0, 0.1) is 0 Å². The third kappa shape index (κ3) is 5.82. The Bertz CT molecular complexity index is 997. The number of hydrogen-bond donors (Lipinski definition) is 1. The second-order valence-electron chi connectivity index (χ2n) is 8.09. The Morgan fingerprint density at radius 2 is 1.62 bits per heavy atom. The predicted octanol–water partition coefficient (Wildman–Crippen LogP) is 4.45. The highest BCUT2D eigenvalue weighted by Gasteiger charge is 2.21. The monoisotopic (exact) mass is 430 g/mol. The lowest BCUT2D eigenvalue weighted by Crippen LogP contribution is -2.46. The van der Waals surface area contributed by atoms with Gasteiger partial charge >= 0.3 is 0 Å². The second-order valence-corrected chi connectivity index (χ2v) is 8.09. The van der Waals surface area contributed by atoms with E-state index in [1.54, 1.807) is 7.11 Å². The molecule has 3 aromatic carbocycles. The van der Waals surface area contributed by atoms with Gasteiger partial charge in [0, 0.05) is 31.2 Å². The Balaban J connectivity index is 1.24. The molecule has 1 fully saturated rings. The van der Waals surface area contributed by atoms with Crippen molar-refractivity contribution in [1.82, 2.24) is 5.32 Å². The van der Waals surface area contributed by atoms with E-state index in [-0.39, 0.29) is 18.6 Å². The van der Waals surface area contributed by atoms with Crippen LogP contribution >= 0.6 is 0 Å². The quantitative estimate of drug-likeness (QED) is 0.574. The van der Waals surface area contributed by atoms with Gasteiger partial charge in [-0.3, -0.25) is 4.79 Å². The average Bonchev–Trinajstić information content (AvgIpc) is 2.85. The van der Waals surface area contributed by atoms with Gasteiger partial charge < -0.3 is 19.7 Å². The van der Waals surface area contributed by atoms with Gasteiger partial charge in [-0.1, -0.05) is 48.5 Å². The molecule has 32 heavy (non-hydrogen) atoms. The molecule has 1 amide bonds. The molecule has 0 aliphatic carbocycles. The topological polar surface area (TPSA) is 50.8 Å². The molecule has 166 valence electrons. The molecule has 0 spiro atoms. The fourth-order valence-corrected chi connectivity index (χ4v) is 4.09. The molecule has 1 N–H and O–H groups in total. The summed E-state index contributed by atoms with van der Waals surface area (Å²) in [5, 5.41) is 3.14. The molecule has 1 aliphatic rings. The molecule has 0 unspecified atom stereocenters. The number of ether oxygens (including phenoxy) is 2. The minimum absolute atomic E-state index is 0.0322. The molecule has 5 nitrogen and oxygen atoms in total. The van der Waals surface area contributed by atoms with Crippen molar-refractivity contribution in [3.8, 4) is 11.5 Å². The molecular formula is C27H30N2O3. The molecule has 1 aliphatic heterocycles. The van der Waals surface area contributed by atoms with Crippen LogP contribution in [0.3, 0.4) is 0 Å². The van der Waals surface area contributed by atoms with Gasteiger partial charge in [0.1, 0.15) is 11.5 Å². The summed E-state index contributed by atoms with van der Waals surface area (Å²) in [6, 6.07) is 26.5. The molecule has 1 heterocycles. The number of methoxy groups -OCH3 is 1. The SMILES string of the molecule is COc1ccc(N2CCC(NC(=O)COc3ccccc3Cc3ccccc3)CC2)cc1. The number of piperidine rings is 1. The first kappa shape index (κ1) is 21.8. The van der Waals surface area contributed by atoms with E-state index in [9.17, 15) is 4.79 Å². The van der Waals surface area contributed by atoms with E-state index in [0.717, 1.165) is 49.4 Å². The number of carbonyl (C=O) groups is 1. The van der Waals surface area contributed by atoms with Gasteiger partial charge in [-0.25, -0.2) is 0 Å². The van der Waals surface area contributed by atoms with Crippen LogP contribution in [0.2, 0.25) is 0 Å². The summed E-state index contributed by atoms with van der Waals surface area (Å²) < 4.78 is 11.1. The van der Waals surface area contributed by atoms with E-state index in [0.29, 0.717) is 0 Å². The van der Waals surface area contributed by atoms with Crippen LogP contribution in [0.4, 0.5) is 5.69 Å². The average molecular weight is 431 g/mol. The Hall–Kier alpha value is -3.47. The number of carbonyl (C=O) groups excluding carboxylic acids is 1. The van der Waals surface area contributed by atoms with E-state index in [2.05, 4.69) is 40.5 Å². The van der Waals surface area contributed by atoms with Gasteiger partial charge in [0.2, 0.25) is 0 Å². The van der Waals surface area contributed by atoms with E-state index in [4.69, 9.17) is 9.47 Å². The fourth-order valence-electron chi connectivity index (χ4n) is 4.09. The molecule has 4 rings (SSSR count). The van der Waals surface area contributed by atoms with E-state index >= 15 is 0 Å². The number of nitrogens with one attached hydrogen (secondary N) is 1. The maximum Gasteiger partial charge on any atom is 0.258 e.